The van der Waals surface area contributed by atoms with Crippen LogP contribution in [0.1, 0.15) is 25.8 Å². The molecule has 150 valence electrons. The highest BCUT2D eigenvalue weighted by Gasteiger charge is 2.06. The van der Waals surface area contributed by atoms with Crippen LogP contribution in [-0.2, 0) is 16.0 Å². The van der Waals surface area contributed by atoms with Crippen LogP contribution in [0.5, 0.6) is 5.75 Å². The molecular formula is C22H29N3O3. The molecule has 0 heterocycles. The van der Waals surface area contributed by atoms with Gasteiger partial charge in [0.15, 0.2) is 0 Å². The first-order valence-corrected chi connectivity index (χ1v) is 9.43. The Balaban J connectivity index is 1.77. The summed E-state index contributed by atoms with van der Waals surface area (Å²) < 4.78 is 5.59. The zero-order valence-electron chi connectivity index (χ0n) is 17.0. The number of aryl methyl sites for hydroxylation is 1. The first-order valence-electron chi connectivity index (χ1n) is 9.43. The van der Waals surface area contributed by atoms with E-state index in [2.05, 4.69) is 10.6 Å². The van der Waals surface area contributed by atoms with Gasteiger partial charge in [-0.2, -0.15) is 0 Å². The molecule has 2 N–H and O–H groups in total. The smallest absolute Gasteiger partial charge is 0.243 e. The van der Waals surface area contributed by atoms with E-state index >= 15 is 0 Å². The van der Waals surface area contributed by atoms with Crippen molar-refractivity contribution in [2.45, 2.75) is 32.8 Å². The molecule has 0 radical (unpaired) electrons. The van der Waals surface area contributed by atoms with Gasteiger partial charge in [0.05, 0.1) is 12.6 Å². The topological polar surface area (TPSA) is 70.7 Å². The number of hydrogen-bond donors (Lipinski definition) is 2. The fourth-order valence-corrected chi connectivity index (χ4v) is 2.54. The first-order chi connectivity index (χ1) is 13.3. The Bertz CT molecular complexity index is 769. The van der Waals surface area contributed by atoms with E-state index in [0.717, 1.165) is 22.7 Å². The van der Waals surface area contributed by atoms with Crippen LogP contribution in [0.25, 0.3) is 0 Å². The van der Waals surface area contributed by atoms with E-state index in [0.29, 0.717) is 12.8 Å². The lowest BCUT2D eigenvalue weighted by Crippen LogP contribution is -2.22. The number of carbonyl (C=O) groups is 2. The minimum atomic E-state index is -0.127. The number of ether oxygens (including phenoxy) is 1. The number of nitrogens with zero attached hydrogens (tertiary/aromatic N) is 1. The van der Waals surface area contributed by atoms with Gasteiger partial charge in [-0.1, -0.05) is 12.1 Å². The van der Waals surface area contributed by atoms with Crippen molar-refractivity contribution in [1.82, 2.24) is 4.90 Å². The molecule has 2 aromatic rings. The second kappa shape index (κ2) is 10.3. The highest BCUT2D eigenvalue weighted by Crippen LogP contribution is 2.17. The summed E-state index contributed by atoms with van der Waals surface area (Å²) in [7, 11) is 3.52. The largest absolute Gasteiger partial charge is 0.491 e. The van der Waals surface area contributed by atoms with Gasteiger partial charge in [-0.05, 0) is 62.2 Å². The molecule has 0 aliphatic rings. The number of hydrogen-bond acceptors (Lipinski definition) is 4. The molecule has 6 heteroatoms. The average Bonchev–Trinajstić information content (AvgIpc) is 2.66. The number of nitrogens with one attached hydrogen (secondary N) is 2. The van der Waals surface area contributed by atoms with Gasteiger partial charge < -0.3 is 20.3 Å². The molecule has 28 heavy (non-hydrogen) atoms. The van der Waals surface area contributed by atoms with Crippen LogP contribution >= 0.6 is 0 Å². The normalized spacial score (nSPS) is 10.5. The summed E-state index contributed by atoms with van der Waals surface area (Å²) >= 11 is 0. The second-order valence-corrected chi connectivity index (χ2v) is 7.08. The third kappa shape index (κ3) is 7.31. The van der Waals surface area contributed by atoms with Gasteiger partial charge in [-0.15, -0.1) is 0 Å². The van der Waals surface area contributed by atoms with Crippen LogP contribution in [0.4, 0.5) is 11.4 Å². The van der Waals surface area contributed by atoms with Gasteiger partial charge in [0.1, 0.15) is 5.75 Å². The van der Waals surface area contributed by atoms with Crippen molar-refractivity contribution in [2.75, 3.05) is 31.3 Å². The number of amides is 2. The summed E-state index contributed by atoms with van der Waals surface area (Å²) in [6.07, 6.45) is 1.31. The lowest BCUT2D eigenvalue weighted by molar-refractivity contribution is -0.128. The monoisotopic (exact) mass is 383 g/mol. The molecule has 2 aromatic carbocycles. The summed E-state index contributed by atoms with van der Waals surface area (Å²) in [6.45, 7) is 4.11. The van der Waals surface area contributed by atoms with E-state index in [9.17, 15) is 9.59 Å². The minimum Gasteiger partial charge on any atom is -0.491 e. The van der Waals surface area contributed by atoms with E-state index in [1.807, 2.05) is 62.4 Å². The van der Waals surface area contributed by atoms with Crippen molar-refractivity contribution in [3.05, 3.63) is 54.1 Å². The van der Waals surface area contributed by atoms with E-state index < -0.39 is 0 Å². The molecule has 0 aliphatic heterocycles. The Hall–Kier alpha value is -3.02. The maximum Gasteiger partial charge on any atom is 0.243 e. The number of carbonyl (C=O) groups excluding carboxylic acids is 2. The Morgan fingerprint density at radius 3 is 2.14 bits per heavy atom. The Morgan fingerprint density at radius 2 is 1.57 bits per heavy atom. The lowest BCUT2D eigenvalue weighted by Gasteiger charge is -2.12. The average molecular weight is 383 g/mol. The molecule has 0 fully saturated rings. The summed E-state index contributed by atoms with van der Waals surface area (Å²) in [4.78, 5) is 25.3. The van der Waals surface area contributed by atoms with Crippen molar-refractivity contribution in [1.29, 1.82) is 0 Å². The van der Waals surface area contributed by atoms with Crippen molar-refractivity contribution in [3.63, 3.8) is 0 Å². The third-order valence-electron chi connectivity index (χ3n) is 4.04. The predicted molar refractivity (Wildman–Crippen MR) is 113 cm³/mol. The van der Waals surface area contributed by atoms with Gasteiger partial charge in [-0.25, -0.2) is 0 Å². The highest BCUT2D eigenvalue weighted by atomic mass is 16.5. The molecule has 0 spiro atoms. The molecule has 0 saturated carbocycles. The summed E-state index contributed by atoms with van der Waals surface area (Å²) in [5.74, 6) is 0.763. The van der Waals surface area contributed by atoms with Gasteiger partial charge in [0.25, 0.3) is 0 Å². The molecule has 0 atom stereocenters. The molecule has 0 bridgehead atoms. The Morgan fingerprint density at radius 1 is 0.964 bits per heavy atom. The van der Waals surface area contributed by atoms with E-state index in [1.54, 1.807) is 19.0 Å². The van der Waals surface area contributed by atoms with Crippen LogP contribution in [0.3, 0.4) is 0 Å². The fraction of sp³-hybridized carbons (Fsp3) is 0.364. The minimum absolute atomic E-state index is 0.114. The summed E-state index contributed by atoms with van der Waals surface area (Å²) in [5, 5.41) is 5.95. The maximum atomic E-state index is 12.1. The third-order valence-corrected chi connectivity index (χ3v) is 4.04. The van der Waals surface area contributed by atoms with E-state index in [1.165, 1.54) is 0 Å². The first kappa shape index (κ1) is 21.3. The molecule has 6 nitrogen and oxygen atoms in total. The van der Waals surface area contributed by atoms with Gasteiger partial charge in [0.2, 0.25) is 11.8 Å². The Kier molecular flexibility index (Phi) is 7.87. The van der Waals surface area contributed by atoms with Crippen LogP contribution in [-0.4, -0.2) is 43.5 Å². The Labute approximate surface area is 166 Å². The van der Waals surface area contributed by atoms with Crippen molar-refractivity contribution in [3.8, 4) is 5.75 Å². The van der Waals surface area contributed by atoms with Crippen molar-refractivity contribution >= 4 is 23.2 Å². The van der Waals surface area contributed by atoms with Crippen LogP contribution in [0, 0.1) is 0 Å². The van der Waals surface area contributed by atoms with E-state index in [4.69, 9.17) is 4.74 Å². The SMILES string of the molecule is CC(C)Oc1ccc(NC(=O)CNc2ccc(CCC(=O)N(C)C)cc2)cc1. The standard InChI is InChI=1S/C22H29N3O3/c1-16(2)28-20-12-10-19(11-13-20)24-21(26)15-23-18-8-5-17(6-9-18)7-14-22(27)25(3)4/h5-6,8-13,16,23H,7,14-15H2,1-4H3,(H,24,26). The predicted octanol–water partition coefficient (Wildman–Crippen LogP) is 3.55. The molecule has 2 amide bonds. The van der Waals surface area contributed by atoms with Crippen LogP contribution in [0.15, 0.2) is 48.5 Å². The lowest BCUT2D eigenvalue weighted by atomic mass is 10.1. The zero-order valence-corrected chi connectivity index (χ0v) is 17.0. The number of anilines is 2. The summed E-state index contributed by atoms with van der Waals surface area (Å²) in [5.41, 5.74) is 2.68. The quantitative estimate of drug-likeness (QED) is 0.695. The molecule has 2 rings (SSSR count). The number of benzene rings is 2. The zero-order chi connectivity index (χ0) is 20.5. The maximum absolute atomic E-state index is 12.1. The number of rotatable bonds is 9. The molecule has 0 saturated heterocycles. The summed E-state index contributed by atoms with van der Waals surface area (Å²) in [6, 6.07) is 15.1. The molecule has 0 aromatic heterocycles. The fourth-order valence-electron chi connectivity index (χ4n) is 2.54. The van der Waals surface area contributed by atoms with Gasteiger partial charge in [-0.3, -0.25) is 9.59 Å². The highest BCUT2D eigenvalue weighted by molar-refractivity contribution is 5.93. The van der Waals surface area contributed by atoms with Crippen molar-refractivity contribution < 1.29 is 14.3 Å². The molecule has 0 unspecified atom stereocenters. The van der Waals surface area contributed by atoms with Crippen molar-refractivity contribution in [2.24, 2.45) is 0 Å². The second-order valence-electron chi connectivity index (χ2n) is 7.08. The molecular weight excluding hydrogens is 354 g/mol. The van der Waals surface area contributed by atoms with Gasteiger partial charge >= 0.3 is 0 Å². The van der Waals surface area contributed by atoms with Crippen LogP contribution < -0.4 is 15.4 Å². The van der Waals surface area contributed by atoms with E-state index in [-0.39, 0.29) is 24.5 Å². The molecule has 0 aliphatic carbocycles. The van der Waals surface area contributed by atoms with Crippen LogP contribution in [0.2, 0.25) is 0 Å². The van der Waals surface area contributed by atoms with Gasteiger partial charge in [0, 0.05) is 31.9 Å².